The summed E-state index contributed by atoms with van der Waals surface area (Å²) >= 11 is 0. The summed E-state index contributed by atoms with van der Waals surface area (Å²) in [6.07, 6.45) is 2.24. The van der Waals surface area contributed by atoms with Crippen LogP contribution in [-0.4, -0.2) is 53.4 Å². The molecule has 1 aromatic carbocycles. The maximum Gasteiger partial charge on any atom is 0.345 e. The van der Waals surface area contributed by atoms with Gasteiger partial charge in [0, 0.05) is 36.9 Å². The van der Waals surface area contributed by atoms with E-state index in [0.29, 0.717) is 36.9 Å². The van der Waals surface area contributed by atoms with Crippen molar-refractivity contribution in [3.8, 4) is 23.1 Å². The Balaban J connectivity index is 0.000000875. The summed E-state index contributed by atoms with van der Waals surface area (Å²) in [6.45, 7) is 11.7. The fraction of sp³-hybridized carbons (Fsp3) is 0.474. The third kappa shape index (κ3) is 7.14. The average molecular weight is 689 g/mol. The van der Waals surface area contributed by atoms with Gasteiger partial charge < -0.3 is 28.5 Å². The summed E-state index contributed by atoms with van der Waals surface area (Å²) in [5.41, 5.74) is -1.27. The molecule has 3 aliphatic rings. The van der Waals surface area contributed by atoms with Crippen LogP contribution in [0.25, 0.3) is 11.3 Å². The van der Waals surface area contributed by atoms with Gasteiger partial charge in [0.15, 0.2) is 0 Å². The minimum atomic E-state index is -1.29. The Morgan fingerprint density at radius 2 is 1.82 bits per heavy atom. The molecule has 2 fully saturated rings. The number of aliphatic hydroxyl groups is 1. The zero-order valence-corrected chi connectivity index (χ0v) is 29.4. The van der Waals surface area contributed by atoms with Crippen LogP contribution in [0.15, 0.2) is 64.1 Å². The lowest BCUT2D eigenvalue weighted by Crippen LogP contribution is -2.69. The Morgan fingerprint density at radius 1 is 1.14 bits per heavy atom. The molecule has 12 nitrogen and oxygen atoms in total. The average Bonchev–Trinajstić information content (AvgIpc) is 3.11. The van der Waals surface area contributed by atoms with Gasteiger partial charge in [0.2, 0.25) is 0 Å². The number of nitriles is 1. The van der Waals surface area contributed by atoms with Gasteiger partial charge >= 0.3 is 17.6 Å². The number of fused-ring (bicyclic) bond motifs is 4. The fourth-order valence-electron chi connectivity index (χ4n) is 8.06. The van der Waals surface area contributed by atoms with E-state index in [2.05, 4.69) is 16.6 Å². The van der Waals surface area contributed by atoms with E-state index in [1.54, 1.807) is 42.7 Å². The first-order valence-corrected chi connectivity index (χ1v) is 16.7. The third-order valence-corrected chi connectivity index (χ3v) is 10.2. The van der Waals surface area contributed by atoms with Gasteiger partial charge in [-0.25, -0.2) is 9.59 Å². The van der Waals surface area contributed by atoms with Crippen molar-refractivity contribution in [3.05, 3.63) is 82.0 Å². The second-order valence-electron chi connectivity index (χ2n) is 12.9. The van der Waals surface area contributed by atoms with Gasteiger partial charge in [-0.3, -0.25) is 14.6 Å². The van der Waals surface area contributed by atoms with Crippen LogP contribution in [0.1, 0.15) is 88.4 Å². The highest BCUT2D eigenvalue weighted by Crippen LogP contribution is 2.65. The second kappa shape index (κ2) is 15.7. The monoisotopic (exact) mass is 688 g/mol. The number of pyridine rings is 1. The molecule has 0 saturated heterocycles. The minimum Gasteiger partial charge on any atom is -0.482 e. The molecule has 0 amide bonds. The zero-order valence-electron chi connectivity index (χ0n) is 29.4. The number of carbonyl (C=O) groups excluding carboxylic acids is 3. The molecule has 3 aromatic rings. The molecule has 0 radical (unpaired) electrons. The van der Waals surface area contributed by atoms with Crippen LogP contribution in [-0.2, 0) is 23.8 Å². The molecular formula is C38H44N2O10. The van der Waals surface area contributed by atoms with Crippen LogP contribution in [0, 0.1) is 34.5 Å². The normalized spacial score (nSPS) is 28.8. The standard InChI is InChI=1S/C34H34N2O8.C2H4O2.C2H6/c1-18-23-14-27(43-31(39)21-9-7-20(16-35)8-10-21)34(4)30(33(23,3)12-11-24(18)41-19(2)37)29(38)28-26(44-34)15-25(42-32(28)40)22-6-5-13-36-17-22;1-4-2-3;1-2/h5-10,13,15,17-18,23-24,27,29-30,38H,11-12,14H2,1-4H3;2H,1H3;1-2H3. The highest BCUT2D eigenvalue weighted by atomic mass is 16.6. The molecule has 1 N–H and O–H groups in total. The van der Waals surface area contributed by atoms with E-state index < -0.39 is 40.7 Å². The SMILES string of the molecule is CC.CC(=O)OC1CCC2(C)C(CC(OC(=O)c3ccc(C#N)cc3)C3(C)Oc4cc(-c5cccnc5)oc(=O)c4C(O)C23)C1C.COC=O. The first-order valence-electron chi connectivity index (χ1n) is 16.7. The van der Waals surface area contributed by atoms with Gasteiger partial charge in [-0.2, -0.15) is 5.26 Å². The van der Waals surface area contributed by atoms with Crippen molar-refractivity contribution in [2.24, 2.45) is 23.2 Å². The lowest BCUT2D eigenvalue weighted by atomic mass is 9.46. The first kappa shape index (κ1) is 37.8. The first-order chi connectivity index (χ1) is 23.9. The number of hydrogen-bond donors (Lipinski definition) is 1. The van der Waals surface area contributed by atoms with Crippen molar-refractivity contribution in [1.29, 1.82) is 5.26 Å². The molecule has 8 unspecified atom stereocenters. The Hall–Kier alpha value is -5.02. The van der Waals surface area contributed by atoms with Crippen molar-refractivity contribution in [2.75, 3.05) is 7.11 Å². The fourth-order valence-corrected chi connectivity index (χ4v) is 8.06. The lowest BCUT2D eigenvalue weighted by molar-refractivity contribution is -0.243. The molecule has 8 atom stereocenters. The van der Waals surface area contributed by atoms with Gasteiger partial charge in [0.05, 0.1) is 30.4 Å². The van der Waals surface area contributed by atoms with Gasteiger partial charge in [-0.1, -0.05) is 27.7 Å². The van der Waals surface area contributed by atoms with E-state index in [9.17, 15) is 24.8 Å². The number of hydrogen-bond acceptors (Lipinski definition) is 12. The molecule has 2 aliphatic carbocycles. The van der Waals surface area contributed by atoms with Crippen LogP contribution in [0.3, 0.4) is 0 Å². The van der Waals surface area contributed by atoms with Crippen LogP contribution >= 0.6 is 0 Å². The van der Waals surface area contributed by atoms with E-state index in [1.165, 1.54) is 26.2 Å². The Kier molecular flexibility index (Phi) is 11.9. The molecule has 2 aromatic heterocycles. The molecule has 6 rings (SSSR count). The van der Waals surface area contributed by atoms with E-state index in [-0.39, 0.29) is 46.5 Å². The summed E-state index contributed by atoms with van der Waals surface area (Å²) in [7, 11) is 1.31. The van der Waals surface area contributed by atoms with Crippen molar-refractivity contribution >= 4 is 18.4 Å². The number of benzene rings is 1. The van der Waals surface area contributed by atoms with Crippen molar-refractivity contribution in [2.45, 2.75) is 84.7 Å². The maximum atomic E-state index is 13.5. The van der Waals surface area contributed by atoms with Crippen molar-refractivity contribution in [3.63, 3.8) is 0 Å². The number of aliphatic hydroxyl groups excluding tert-OH is 1. The molecule has 50 heavy (non-hydrogen) atoms. The molecule has 0 bridgehead atoms. The Morgan fingerprint density at radius 3 is 2.40 bits per heavy atom. The van der Waals surface area contributed by atoms with Gasteiger partial charge in [0.25, 0.3) is 6.47 Å². The van der Waals surface area contributed by atoms with E-state index >= 15 is 0 Å². The van der Waals surface area contributed by atoms with E-state index in [0.717, 1.165) is 0 Å². The molecule has 1 aliphatic heterocycles. The van der Waals surface area contributed by atoms with Crippen LogP contribution in [0.5, 0.6) is 5.75 Å². The quantitative estimate of drug-likeness (QED) is 0.194. The zero-order chi connectivity index (χ0) is 36.8. The third-order valence-electron chi connectivity index (χ3n) is 10.2. The summed E-state index contributed by atoms with van der Waals surface area (Å²) in [5, 5.41) is 21.3. The summed E-state index contributed by atoms with van der Waals surface area (Å²) in [6, 6.07) is 13.2. The van der Waals surface area contributed by atoms with Crippen molar-refractivity contribution in [1.82, 2.24) is 4.98 Å². The molecule has 3 heterocycles. The maximum absolute atomic E-state index is 13.5. The minimum absolute atomic E-state index is 0.0221. The summed E-state index contributed by atoms with van der Waals surface area (Å²) in [5.74, 6) is -1.53. The number of aromatic nitrogens is 1. The number of methoxy groups -OCH3 is 1. The predicted octanol–water partition coefficient (Wildman–Crippen LogP) is 5.80. The number of esters is 2. The lowest BCUT2D eigenvalue weighted by Gasteiger charge is -2.64. The number of rotatable bonds is 5. The smallest absolute Gasteiger partial charge is 0.345 e. The van der Waals surface area contributed by atoms with Crippen LogP contribution < -0.4 is 10.4 Å². The molecule has 266 valence electrons. The molecule has 0 spiro atoms. The summed E-state index contributed by atoms with van der Waals surface area (Å²) < 4.78 is 28.1. The van der Waals surface area contributed by atoms with E-state index in [1.807, 2.05) is 33.8 Å². The molecule has 12 heteroatoms. The summed E-state index contributed by atoms with van der Waals surface area (Å²) in [4.78, 5) is 52.0. The molecular weight excluding hydrogens is 644 g/mol. The van der Waals surface area contributed by atoms with Gasteiger partial charge in [-0.15, -0.1) is 0 Å². The van der Waals surface area contributed by atoms with Crippen LogP contribution in [0.4, 0.5) is 0 Å². The predicted molar refractivity (Wildman–Crippen MR) is 181 cm³/mol. The second-order valence-corrected chi connectivity index (χ2v) is 12.9. The highest BCUT2D eigenvalue weighted by molar-refractivity contribution is 5.89. The Bertz CT molecular complexity index is 1770. The largest absolute Gasteiger partial charge is 0.482 e. The van der Waals surface area contributed by atoms with E-state index in [4.69, 9.17) is 23.4 Å². The highest BCUT2D eigenvalue weighted by Gasteiger charge is 2.68. The van der Waals surface area contributed by atoms with Crippen LogP contribution in [0.2, 0.25) is 0 Å². The van der Waals surface area contributed by atoms with Gasteiger partial charge in [0.1, 0.15) is 34.9 Å². The van der Waals surface area contributed by atoms with Gasteiger partial charge in [-0.05, 0) is 79.8 Å². The topological polar surface area (TPSA) is 175 Å². The number of nitrogens with zero attached hydrogens (tertiary/aromatic N) is 2. The number of carbonyl (C=O) groups is 3. The molecule has 2 saturated carbocycles. The Labute approximate surface area is 291 Å². The van der Waals surface area contributed by atoms with Crippen molar-refractivity contribution < 1.29 is 42.9 Å². The number of ether oxygens (including phenoxy) is 4.